The molecule has 0 aromatic rings. The molecule has 0 aromatic carbocycles. The molecule has 11 nitrogen and oxygen atoms in total. The maximum absolute atomic E-state index is 12.9. The summed E-state index contributed by atoms with van der Waals surface area (Å²) < 4.78 is 0. The van der Waals surface area contributed by atoms with Crippen LogP contribution >= 0.6 is 12.6 Å². The number of carbonyl (C=O) groups is 5. The van der Waals surface area contributed by atoms with E-state index < -0.39 is 60.2 Å². The minimum absolute atomic E-state index is 0.0218. The van der Waals surface area contributed by atoms with Gasteiger partial charge in [-0.25, -0.2) is 4.79 Å². The lowest BCUT2D eigenvalue weighted by Crippen LogP contribution is -2.58. The molecule has 7 N–H and O–H groups in total. The van der Waals surface area contributed by atoms with Crippen LogP contribution < -0.4 is 22.1 Å². The Morgan fingerprint density at radius 2 is 1.73 bits per heavy atom. The van der Waals surface area contributed by atoms with Crippen LogP contribution in [0.15, 0.2) is 0 Å². The first-order valence-corrected chi connectivity index (χ1v) is 10.4. The highest BCUT2D eigenvalue weighted by molar-refractivity contribution is 7.80. The summed E-state index contributed by atoms with van der Waals surface area (Å²) in [5.74, 6) is -3.85. The fourth-order valence-electron chi connectivity index (χ4n) is 3.23. The minimum Gasteiger partial charge on any atom is -0.480 e. The molecule has 170 valence electrons. The lowest BCUT2D eigenvalue weighted by Gasteiger charge is -2.28. The first kappa shape index (κ1) is 25.7. The Morgan fingerprint density at radius 3 is 2.23 bits per heavy atom. The highest BCUT2D eigenvalue weighted by Gasteiger charge is 2.39. The van der Waals surface area contributed by atoms with Gasteiger partial charge in [-0.1, -0.05) is 13.8 Å². The van der Waals surface area contributed by atoms with Crippen molar-refractivity contribution in [2.45, 2.75) is 63.7 Å². The number of hydrogen-bond donors (Lipinski definition) is 6. The zero-order valence-electron chi connectivity index (χ0n) is 17.2. The van der Waals surface area contributed by atoms with Crippen molar-refractivity contribution in [2.24, 2.45) is 17.4 Å². The van der Waals surface area contributed by atoms with Crippen LogP contribution in [0.1, 0.15) is 39.5 Å². The van der Waals surface area contributed by atoms with Crippen LogP contribution in [0.5, 0.6) is 0 Å². The molecule has 30 heavy (non-hydrogen) atoms. The molecule has 0 saturated carbocycles. The largest absolute Gasteiger partial charge is 0.480 e. The van der Waals surface area contributed by atoms with E-state index in [4.69, 9.17) is 11.5 Å². The first-order chi connectivity index (χ1) is 14.0. The van der Waals surface area contributed by atoms with E-state index in [9.17, 15) is 29.1 Å². The van der Waals surface area contributed by atoms with Crippen molar-refractivity contribution < 1.29 is 29.1 Å². The van der Waals surface area contributed by atoms with Crippen LogP contribution in [0.3, 0.4) is 0 Å². The van der Waals surface area contributed by atoms with Crippen molar-refractivity contribution in [3.63, 3.8) is 0 Å². The van der Waals surface area contributed by atoms with E-state index in [2.05, 4.69) is 23.3 Å². The molecule has 0 aliphatic carbocycles. The number of primary amides is 1. The summed E-state index contributed by atoms with van der Waals surface area (Å²) in [6.45, 7) is 3.89. The topological polar surface area (TPSA) is 185 Å². The van der Waals surface area contributed by atoms with Crippen LogP contribution in [0.25, 0.3) is 0 Å². The predicted octanol–water partition coefficient (Wildman–Crippen LogP) is -1.79. The molecule has 0 spiro atoms. The van der Waals surface area contributed by atoms with Gasteiger partial charge in [0.25, 0.3) is 0 Å². The van der Waals surface area contributed by atoms with Crippen LogP contribution in [0.4, 0.5) is 0 Å². The maximum Gasteiger partial charge on any atom is 0.326 e. The molecule has 4 atom stereocenters. The van der Waals surface area contributed by atoms with Gasteiger partial charge in [-0.3, -0.25) is 19.2 Å². The number of thiol groups is 1. The standard InChI is InChI=1S/C18H31N5O6S/c1-9(2)6-11(21-15(25)10(19)8-30)16(26)22-12(7-14(20)24)17(27)23-5-3-4-13(23)18(28)29/h9-13,30H,3-8,19H2,1-2H3,(H2,20,24)(H,21,25)(H,22,26)(H,28,29). The van der Waals surface area contributed by atoms with Crippen molar-refractivity contribution >= 4 is 42.2 Å². The summed E-state index contributed by atoms with van der Waals surface area (Å²) in [4.78, 5) is 61.8. The number of nitrogens with two attached hydrogens (primary N) is 2. The van der Waals surface area contributed by atoms with Gasteiger partial charge in [0.1, 0.15) is 18.1 Å². The van der Waals surface area contributed by atoms with Gasteiger partial charge >= 0.3 is 5.97 Å². The quantitative estimate of drug-likeness (QED) is 0.203. The monoisotopic (exact) mass is 445 g/mol. The van der Waals surface area contributed by atoms with Crippen LogP contribution in [0, 0.1) is 5.92 Å². The van der Waals surface area contributed by atoms with E-state index >= 15 is 0 Å². The van der Waals surface area contributed by atoms with Gasteiger partial charge in [0, 0.05) is 12.3 Å². The van der Waals surface area contributed by atoms with E-state index in [1.807, 2.05) is 13.8 Å². The molecular formula is C18H31N5O6S. The number of nitrogens with zero attached hydrogens (tertiary/aromatic N) is 1. The van der Waals surface area contributed by atoms with Crippen LogP contribution in [0.2, 0.25) is 0 Å². The van der Waals surface area contributed by atoms with E-state index in [1.54, 1.807) is 0 Å². The summed E-state index contributed by atoms with van der Waals surface area (Å²) in [7, 11) is 0. The number of aliphatic carboxylic acids is 1. The van der Waals surface area contributed by atoms with Crippen LogP contribution in [-0.4, -0.2) is 76.1 Å². The Labute approximate surface area is 180 Å². The summed E-state index contributed by atoms with van der Waals surface area (Å²) in [6, 6.07) is -4.27. The second-order valence-electron chi connectivity index (χ2n) is 7.74. The fraction of sp³-hybridized carbons (Fsp3) is 0.722. The summed E-state index contributed by atoms with van der Waals surface area (Å²) >= 11 is 3.96. The molecule has 1 aliphatic rings. The van der Waals surface area contributed by atoms with Gasteiger partial charge in [-0.05, 0) is 25.2 Å². The smallest absolute Gasteiger partial charge is 0.326 e. The van der Waals surface area contributed by atoms with Gasteiger partial charge < -0.3 is 32.1 Å². The summed E-state index contributed by atoms with van der Waals surface area (Å²) in [5, 5.41) is 14.3. The molecule has 1 fully saturated rings. The first-order valence-electron chi connectivity index (χ1n) is 9.76. The molecule has 1 rings (SSSR count). The lowest BCUT2D eigenvalue weighted by atomic mass is 10.0. The summed E-state index contributed by atoms with van der Waals surface area (Å²) in [6.07, 6.45) is 0.543. The SMILES string of the molecule is CC(C)CC(NC(=O)C(N)CS)C(=O)NC(CC(N)=O)C(=O)N1CCCC1C(=O)O. The average molecular weight is 446 g/mol. The number of carbonyl (C=O) groups excluding carboxylic acids is 4. The highest BCUT2D eigenvalue weighted by atomic mass is 32.1. The third-order valence-electron chi connectivity index (χ3n) is 4.71. The normalized spacial score (nSPS) is 19.1. The molecule has 1 saturated heterocycles. The van der Waals surface area contributed by atoms with Crippen molar-refractivity contribution in [3.8, 4) is 0 Å². The number of amides is 4. The second kappa shape index (κ2) is 11.7. The van der Waals surface area contributed by atoms with E-state index in [0.717, 1.165) is 4.90 Å². The van der Waals surface area contributed by atoms with Crippen molar-refractivity contribution in [1.82, 2.24) is 15.5 Å². The zero-order valence-corrected chi connectivity index (χ0v) is 18.1. The number of nitrogens with one attached hydrogen (secondary N) is 2. The maximum atomic E-state index is 12.9. The van der Waals surface area contributed by atoms with Gasteiger partial charge in [-0.2, -0.15) is 12.6 Å². The molecule has 4 unspecified atom stereocenters. The predicted molar refractivity (Wildman–Crippen MR) is 111 cm³/mol. The molecule has 12 heteroatoms. The van der Waals surface area contributed by atoms with Crippen molar-refractivity contribution in [3.05, 3.63) is 0 Å². The fourth-order valence-corrected chi connectivity index (χ4v) is 3.39. The van der Waals surface area contributed by atoms with Gasteiger partial charge in [0.05, 0.1) is 12.5 Å². The number of rotatable bonds is 11. The molecule has 0 bridgehead atoms. The Morgan fingerprint density at radius 1 is 1.13 bits per heavy atom. The van der Waals surface area contributed by atoms with Gasteiger partial charge in [-0.15, -0.1) is 0 Å². The number of likely N-dealkylation sites (tertiary alicyclic amines) is 1. The van der Waals surface area contributed by atoms with E-state index in [-0.39, 0.29) is 31.1 Å². The number of carboxylic acid groups (broad SMARTS) is 1. The lowest BCUT2D eigenvalue weighted by molar-refractivity contribution is -0.149. The second-order valence-corrected chi connectivity index (χ2v) is 8.10. The Hall–Kier alpha value is -2.34. The molecule has 4 amide bonds. The van der Waals surface area contributed by atoms with E-state index in [1.165, 1.54) is 0 Å². The van der Waals surface area contributed by atoms with E-state index in [0.29, 0.717) is 6.42 Å². The Kier molecular flexibility index (Phi) is 10.1. The average Bonchev–Trinajstić information content (AvgIpc) is 3.14. The molecule has 1 aliphatic heterocycles. The van der Waals surface area contributed by atoms with Crippen LogP contribution in [-0.2, 0) is 24.0 Å². The molecule has 0 aromatic heterocycles. The third-order valence-corrected chi connectivity index (χ3v) is 5.11. The number of carboxylic acids is 1. The minimum atomic E-state index is -1.33. The summed E-state index contributed by atoms with van der Waals surface area (Å²) in [5.41, 5.74) is 10.9. The van der Waals surface area contributed by atoms with Gasteiger partial charge in [0.2, 0.25) is 23.6 Å². The molecular weight excluding hydrogens is 414 g/mol. The molecule has 1 heterocycles. The van der Waals surface area contributed by atoms with Crippen molar-refractivity contribution in [1.29, 1.82) is 0 Å². The zero-order chi connectivity index (χ0) is 23.0. The molecule has 0 radical (unpaired) electrons. The highest BCUT2D eigenvalue weighted by Crippen LogP contribution is 2.19. The Balaban J connectivity index is 3.00. The number of hydrogen-bond acceptors (Lipinski definition) is 7. The van der Waals surface area contributed by atoms with Crippen molar-refractivity contribution in [2.75, 3.05) is 12.3 Å². The Bertz CT molecular complexity index is 673. The van der Waals surface area contributed by atoms with Gasteiger partial charge in [0.15, 0.2) is 0 Å². The third kappa shape index (κ3) is 7.48.